The van der Waals surface area contributed by atoms with E-state index in [1.807, 2.05) is 13.8 Å². The number of nitrogens with one attached hydrogen (secondary N) is 15. The number of likely N-dealkylation sites (N-methyl/N-ethyl adjacent to an activating group) is 3. The third kappa shape index (κ3) is 31.9. The Hall–Kier alpha value is -13.3. The average Bonchev–Trinajstić information content (AvgIpc) is 1.79. The maximum absolute atomic E-state index is 15.7. The molecule has 3 aromatic carbocycles. The summed E-state index contributed by atoms with van der Waals surface area (Å²) in [5, 5.41) is 49.7. The van der Waals surface area contributed by atoms with Crippen LogP contribution in [0.5, 0.6) is 0 Å². The Bertz CT molecular complexity index is 5090. The third-order valence-electron chi connectivity index (χ3n) is 23.8. The zero-order valence-corrected chi connectivity index (χ0v) is 77.8. The molecule has 42 nitrogen and oxygen atoms in total. The quantitative estimate of drug-likeness (QED) is 0.0159. The number of nitrogens with zero attached hydrogens (tertiary/aromatic N) is 5. The summed E-state index contributed by atoms with van der Waals surface area (Å²) in [7, 11) is 3.97. The summed E-state index contributed by atoms with van der Waals surface area (Å²) in [6.07, 6.45) is 5.22. The van der Waals surface area contributed by atoms with Crippen molar-refractivity contribution in [3.8, 4) is 0 Å². The van der Waals surface area contributed by atoms with Crippen LogP contribution in [-0.4, -0.2) is 295 Å². The number of aliphatic hydroxyl groups is 1. The van der Waals surface area contributed by atoms with E-state index in [-0.39, 0.29) is 110 Å². The molecule has 0 unspecified atom stereocenters. The Labute approximate surface area is 788 Å². The van der Waals surface area contributed by atoms with Crippen molar-refractivity contribution < 1.29 is 86.6 Å². The molecule has 3 aromatic heterocycles. The van der Waals surface area contributed by atoms with E-state index in [0.29, 0.717) is 69.9 Å². The largest absolute Gasteiger partial charge is 0.394 e. The van der Waals surface area contributed by atoms with Crippen LogP contribution in [0.25, 0.3) is 21.8 Å². The molecule has 16 amide bonds. The van der Waals surface area contributed by atoms with Gasteiger partial charge in [0.15, 0.2) is 11.7 Å². The van der Waals surface area contributed by atoms with E-state index >= 15 is 28.8 Å². The van der Waals surface area contributed by atoms with Gasteiger partial charge in [0.2, 0.25) is 94.5 Å². The number of ketones is 1. The lowest BCUT2D eigenvalue weighted by Crippen LogP contribution is -2.61. The number of Topliss-reactive ketones (excluding diaryl/α,β-unsaturated/α-hetero) is 1. The molecular formula is C92H134N24O18S. The number of para-hydroxylation sites is 2. The van der Waals surface area contributed by atoms with Crippen LogP contribution in [0.1, 0.15) is 154 Å². The Morgan fingerprint density at radius 1 is 0.556 bits per heavy atom. The van der Waals surface area contributed by atoms with Crippen molar-refractivity contribution in [3.63, 3.8) is 0 Å². The number of unbranched alkanes of at least 4 members (excludes halogenated alkanes) is 2. The number of aromatic amines is 3. The normalized spacial score (nSPS) is 23.7. The van der Waals surface area contributed by atoms with E-state index in [0.717, 1.165) is 31.4 Å². The molecule has 2 aliphatic heterocycles. The predicted octanol–water partition coefficient (Wildman–Crippen LogP) is -1.04. The van der Waals surface area contributed by atoms with Gasteiger partial charge in [-0.1, -0.05) is 128 Å². The van der Waals surface area contributed by atoms with Crippen LogP contribution < -0.4 is 81.4 Å². The van der Waals surface area contributed by atoms with Crippen LogP contribution in [-0.2, 0) is 107 Å². The van der Waals surface area contributed by atoms with Gasteiger partial charge in [-0.15, -0.1) is 11.8 Å². The highest BCUT2D eigenvalue weighted by atomic mass is 32.2. The summed E-state index contributed by atoms with van der Waals surface area (Å²) in [5.74, 6) is -18.3. The van der Waals surface area contributed by atoms with Crippen molar-refractivity contribution in [3.05, 3.63) is 126 Å². The number of carbonyl (C=O) groups is 17. The summed E-state index contributed by atoms with van der Waals surface area (Å²) in [5.41, 5.74) is 26.3. The molecule has 5 heterocycles. The second-order valence-electron chi connectivity index (χ2n) is 34.3. The lowest BCUT2D eigenvalue weighted by atomic mass is 9.90. The number of guanidine groups is 1. The summed E-state index contributed by atoms with van der Waals surface area (Å²) in [4.78, 5) is 268. The van der Waals surface area contributed by atoms with E-state index in [2.05, 4.69) is 78.4 Å². The maximum Gasteiger partial charge on any atom is 0.246 e. The highest BCUT2D eigenvalue weighted by Crippen LogP contribution is 2.28. The third-order valence-corrected chi connectivity index (χ3v) is 24.8. The molecule has 0 saturated carbocycles. The predicted molar refractivity (Wildman–Crippen MR) is 506 cm³/mol. The number of carbonyl (C=O) groups excluding carboxylic acids is 17. The molecule has 0 bridgehead atoms. The monoisotopic (exact) mass is 1900 g/mol. The van der Waals surface area contributed by atoms with E-state index < -0.39 is 228 Å². The van der Waals surface area contributed by atoms with Crippen LogP contribution in [0.2, 0.25) is 0 Å². The first-order valence-corrected chi connectivity index (χ1v) is 46.4. The zero-order chi connectivity index (χ0) is 98.0. The van der Waals surface area contributed by atoms with Crippen LogP contribution in [0, 0.1) is 17.2 Å². The topological polar surface area (TPSA) is 644 Å². The highest BCUT2D eigenvalue weighted by Gasteiger charge is 2.44. The molecule has 0 radical (unpaired) electrons. The molecule has 14 atom stereocenters. The summed E-state index contributed by atoms with van der Waals surface area (Å²) in [6.45, 7) is 6.47. The Balaban J connectivity index is 0.0000249. The van der Waals surface area contributed by atoms with Gasteiger partial charge in [-0.3, -0.25) is 86.9 Å². The van der Waals surface area contributed by atoms with Gasteiger partial charge in [-0.25, -0.2) is 4.98 Å². The first kappa shape index (κ1) is 109. The summed E-state index contributed by atoms with van der Waals surface area (Å²) >= 11 is 0.795. The fraction of sp³-hybridized carbons (Fsp3) is 0.533. The lowest BCUT2D eigenvalue weighted by molar-refractivity contribution is -0.149. The number of thioether (sulfide) groups is 1. The minimum atomic E-state index is -1.84. The second-order valence-corrected chi connectivity index (χ2v) is 35.4. The minimum Gasteiger partial charge on any atom is -0.394 e. The van der Waals surface area contributed by atoms with Crippen LogP contribution in [0.3, 0.4) is 0 Å². The van der Waals surface area contributed by atoms with Gasteiger partial charge in [-0.2, -0.15) is 0 Å². The van der Waals surface area contributed by atoms with Crippen LogP contribution in [0.4, 0.5) is 0 Å². The fourth-order valence-corrected chi connectivity index (χ4v) is 17.1. The molecule has 0 spiro atoms. The standard InChI is InChI=1S/C91H130N24O18S.CH4/c1-9-11-29-71-85(128)105-63(28-20-34-98-91(95)96)81(124)111-70(80(123)101-46-76(94)119)48-134-49-77(120)103-66(37-53-22-14-13-15-23-53)87(130)112(6)52(5)78(121)108-68(42-75(93)118)89(132)115-35-21-31-72(115)86(129)107-65(41-57-45-97-50-102-57)83(126)106-64(36-51(3)4)82(125)104-62(32-33-92)74(117)40-54(38-55-43-99-60-26-18-16-24-58(55)60)79(122)110-69(47-116)84(127)109-67(39-56-44-100-61-27-19-17-25-59(56)61)88(131)114(8)73(30-12-10-2)90(133)113(71)7;/h13-19,22-27,43-45,50-52,54,62-73,99-100,116H,9-12,20-21,28-42,46-49,92H2,1-8H3,(H2,93,118)(H2,94,119)(H,97,102)(H,101,123)(H,103,120)(H,104,125)(H,105,128)(H,106,126)(H,107,129)(H,108,121)(H,109,127)(H,110,122)(H,111,124)(H4,95,96,98);1H4/t52-,54+,62-,63-,64-,65-,66-,67-,68-,69-,70-,71-,72-,73-;/m0./s1. The van der Waals surface area contributed by atoms with Crippen molar-refractivity contribution in [2.75, 3.05) is 65.4 Å². The maximum atomic E-state index is 15.7. The lowest BCUT2D eigenvalue weighted by Gasteiger charge is -2.36. The van der Waals surface area contributed by atoms with Gasteiger partial charge in [0.05, 0.1) is 37.7 Å². The van der Waals surface area contributed by atoms with Crippen molar-refractivity contribution in [2.24, 2.45) is 34.8 Å². The van der Waals surface area contributed by atoms with Gasteiger partial charge in [0, 0.05) is 118 Å². The Morgan fingerprint density at radius 3 is 1.72 bits per heavy atom. The van der Waals surface area contributed by atoms with Gasteiger partial charge in [-0.05, 0) is 106 Å². The second kappa shape index (κ2) is 53.5. The molecule has 8 rings (SSSR count). The van der Waals surface area contributed by atoms with Gasteiger partial charge >= 0.3 is 0 Å². The fourth-order valence-electron chi connectivity index (χ4n) is 16.3. The Kier molecular flexibility index (Phi) is 43.1. The number of fused-ring (bicyclic) bond motifs is 3. The SMILES string of the molecule is C.CCCC[C@H]1C(=O)N(C)[C@@H](CCCC)C(=O)N[C@@H](CCCNC(=N)N)C(=O)N[C@H](C(=O)NCC(N)=O)CSCC(=O)N[C@@H](Cc2ccccc2)C(=O)N(C)[C@@H](C)C(=O)N[C@@H](CC(N)=O)C(=O)N2CCC[C@H]2C(=O)N[C@@H](Cc2cnc[nH]2)C(=O)N[C@@H](CC(C)C)C(=O)N[C@@H](CCN)C(=O)C[C@@H](Cc2c[nH]c3ccccc23)C(=O)N[C@@H](CO)C(=O)N[C@@H](Cc2c[nH]c3ccccc23)C(=O)N1C. The van der Waals surface area contributed by atoms with Gasteiger partial charge in [0.1, 0.15) is 72.5 Å². The summed E-state index contributed by atoms with van der Waals surface area (Å²) in [6, 6.07) is 3.02. The number of aliphatic hydroxyl groups excluding tert-OH is 1. The molecule has 0 aliphatic carbocycles. The number of rotatable bonds is 28. The zero-order valence-electron chi connectivity index (χ0n) is 77.0. The van der Waals surface area contributed by atoms with E-state index in [1.165, 1.54) is 40.6 Å². The number of H-pyrrole nitrogens is 3. The summed E-state index contributed by atoms with van der Waals surface area (Å²) < 4.78 is 0. The van der Waals surface area contributed by atoms with Crippen LogP contribution in [0.15, 0.2) is 104 Å². The Morgan fingerprint density at radius 2 is 1.11 bits per heavy atom. The highest BCUT2D eigenvalue weighted by molar-refractivity contribution is 8.00. The molecule has 24 N–H and O–H groups in total. The average molecular weight is 1900 g/mol. The van der Waals surface area contributed by atoms with Gasteiger partial charge < -0.3 is 121 Å². The van der Waals surface area contributed by atoms with Crippen molar-refractivity contribution in [1.29, 1.82) is 5.41 Å². The molecule has 135 heavy (non-hydrogen) atoms. The molecule has 6 aromatic rings. The van der Waals surface area contributed by atoms with Crippen molar-refractivity contribution in [2.45, 2.75) is 236 Å². The smallest absolute Gasteiger partial charge is 0.246 e. The molecule has 2 aliphatic rings. The minimum absolute atomic E-state index is 0. The molecule has 2 saturated heterocycles. The van der Waals surface area contributed by atoms with E-state index in [9.17, 15) is 57.8 Å². The molecule has 2 fully saturated rings. The van der Waals surface area contributed by atoms with E-state index in [1.54, 1.807) is 105 Å². The number of imidazole rings is 1. The number of primary amides is 2. The number of amides is 16. The number of benzene rings is 3. The van der Waals surface area contributed by atoms with Gasteiger partial charge in [0.25, 0.3) is 0 Å². The number of hydrogen-bond acceptors (Lipinski definition) is 22. The molecular weight excluding hydrogens is 1760 g/mol. The van der Waals surface area contributed by atoms with Crippen molar-refractivity contribution >= 4 is 140 Å². The number of aromatic nitrogens is 4. The van der Waals surface area contributed by atoms with E-state index in [4.69, 9.17) is 28.3 Å². The molecule has 43 heteroatoms. The first-order valence-electron chi connectivity index (χ1n) is 45.2. The number of hydrogen-bond donors (Lipinski definition) is 20. The van der Waals surface area contributed by atoms with Crippen molar-refractivity contribution in [1.82, 2.24) is 98.0 Å². The molecule has 736 valence electrons. The first-order chi connectivity index (χ1) is 63.9. The van der Waals surface area contributed by atoms with Crippen LogP contribution >= 0.6 is 11.8 Å². The number of nitrogens with two attached hydrogens (primary N) is 4.